The zero-order valence-corrected chi connectivity index (χ0v) is 14.7. The predicted octanol–water partition coefficient (Wildman–Crippen LogP) is 4.20. The molecule has 0 aliphatic carbocycles. The number of nitrogens with one attached hydrogen (secondary N) is 1. The summed E-state index contributed by atoms with van der Waals surface area (Å²) in [6.45, 7) is 0. The number of carbonyl (C=O) groups excluding carboxylic acids is 2. The van der Waals surface area contributed by atoms with Crippen LogP contribution in [0.3, 0.4) is 0 Å². The minimum absolute atomic E-state index is 0.00113. The Labute approximate surface area is 157 Å². The van der Waals surface area contributed by atoms with Crippen LogP contribution in [0.25, 0.3) is 0 Å². The monoisotopic (exact) mass is 357 g/mol. The molecule has 1 saturated heterocycles. The van der Waals surface area contributed by atoms with Gasteiger partial charge in [0.25, 0.3) is 5.91 Å². The van der Waals surface area contributed by atoms with E-state index in [2.05, 4.69) is 10.3 Å². The van der Waals surface area contributed by atoms with Crippen molar-refractivity contribution in [3.8, 4) is 0 Å². The molecule has 2 heterocycles. The number of rotatable bonds is 4. The molecular formula is C22H19N3O2. The molecule has 2 aromatic carbocycles. The summed E-state index contributed by atoms with van der Waals surface area (Å²) in [6, 6.07) is 22.5. The molecule has 5 heteroatoms. The van der Waals surface area contributed by atoms with Crippen LogP contribution in [-0.2, 0) is 4.79 Å². The summed E-state index contributed by atoms with van der Waals surface area (Å²) < 4.78 is 0. The van der Waals surface area contributed by atoms with Crippen molar-refractivity contribution in [2.75, 3.05) is 10.2 Å². The van der Waals surface area contributed by atoms with Gasteiger partial charge in [0.05, 0.1) is 6.04 Å². The SMILES string of the molecule is O=C(Nc1cc(N2C(=O)CC[C@@H]2c2ccccc2)ccn1)c1ccccc1. The van der Waals surface area contributed by atoms with Crippen LogP contribution >= 0.6 is 0 Å². The third kappa shape index (κ3) is 3.58. The van der Waals surface area contributed by atoms with Gasteiger partial charge in [-0.05, 0) is 30.2 Å². The van der Waals surface area contributed by atoms with Crippen LogP contribution in [0.4, 0.5) is 11.5 Å². The summed E-state index contributed by atoms with van der Waals surface area (Å²) in [5.74, 6) is 0.274. The highest BCUT2D eigenvalue weighted by molar-refractivity contribution is 6.04. The Morgan fingerprint density at radius 3 is 2.44 bits per heavy atom. The van der Waals surface area contributed by atoms with E-state index in [1.807, 2.05) is 48.5 Å². The van der Waals surface area contributed by atoms with Crippen molar-refractivity contribution in [2.45, 2.75) is 18.9 Å². The number of aromatic nitrogens is 1. The van der Waals surface area contributed by atoms with Crippen molar-refractivity contribution in [3.63, 3.8) is 0 Å². The molecule has 0 bridgehead atoms. The van der Waals surface area contributed by atoms with E-state index in [4.69, 9.17) is 0 Å². The van der Waals surface area contributed by atoms with Crippen LogP contribution in [0.5, 0.6) is 0 Å². The van der Waals surface area contributed by atoms with Gasteiger partial charge in [-0.1, -0.05) is 48.5 Å². The summed E-state index contributed by atoms with van der Waals surface area (Å²) in [7, 11) is 0. The summed E-state index contributed by atoms with van der Waals surface area (Å²) >= 11 is 0. The lowest BCUT2D eigenvalue weighted by molar-refractivity contribution is -0.117. The maximum atomic E-state index is 12.5. The Bertz CT molecular complexity index is 958. The third-order valence-electron chi connectivity index (χ3n) is 4.70. The van der Waals surface area contributed by atoms with E-state index in [0.29, 0.717) is 17.8 Å². The van der Waals surface area contributed by atoms with Crippen molar-refractivity contribution in [2.24, 2.45) is 0 Å². The average molecular weight is 357 g/mol. The topological polar surface area (TPSA) is 62.3 Å². The summed E-state index contributed by atoms with van der Waals surface area (Å²) in [5, 5.41) is 2.80. The average Bonchev–Trinajstić information content (AvgIpc) is 3.11. The normalized spacial score (nSPS) is 16.4. The predicted molar refractivity (Wildman–Crippen MR) is 105 cm³/mol. The van der Waals surface area contributed by atoms with Gasteiger partial charge >= 0.3 is 0 Å². The second kappa shape index (κ2) is 7.41. The highest BCUT2D eigenvalue weighted by Crippen LogP contribution is 2.37. The molecule has 0 radical (unpaired) electrons. The van der Waals surface area contributed by atoms with Crippen molar-refractivity contribution in [3.05, 3.63) is 90.1 Å². The molecule has 0 unspecified atom stereocenters. The van der Waals surface area contributed by atoms with Gasteiger partial charge in [-0.25, -0.2) is 4.98 Å². The second-order valence-electron chi connectivity index (χ2n) is 6.45. The molecule has 5 nitrogen and oxygen atoms in total. The number of benzene rings is 2. The molecule has 27 heavy (non-hydrogen) atoms. The Morgan fingerprint density at radius 2 is 1.70 bits per heavy atom. The standard InChI is InChI=1S/C22H19N3O2/c26-21-12-11-19(16-7-3-1-4-8-16)25(21)18-13-14-23-20(15-18)24-22(27)17-9-5-2-6-10-17/h1-10,13-15,19H,11-12H2,(H,23,24,27)/t19-/m1/s1. The lowest BCUT2D eigenvalue weighted by Crippen LogP contribution is -2.27. The van der Waals surface area contributed by atoms with Gasteiger partial charge in [0.2, 0.25) is 5.91 Å². The summed E-state index contributed by atoms with van der Waals surface area (Å²) in [6.07, 6.45) is 2.90. The van der Waals surface area contributed by atoms with Crippen LogP contribution in [0, 0.1) is 0 Å². The Morgan fingerprint density at radius 1 is 1.00 bits per heavy atom. The first-order chi connectivity index (χ1) is 13.2. The fourth-order valence-electron chi connectivity index (χ4n) is 3.41. The zero-order chi connectivity index (χ0) is 18.6. The van der Waals surface area contributed by atoms with Gasteiger partial charge < -0.3 is 10.2 Å². The molecule has 1 aliphatic rings. The second-order valence-corrected chi connectivity index (χ2v) is 6.45. The number of carbonyl (C=O) groups is 2. The van der Waals surface area contributed by atoms with E-state index in [1.165, 1.54) is 0 Å². The number of hydrogen-bond donors (Lipinski definition) is 1. The highest BCUT2D eigenvalue weighted by Gasteiger charge is 2.33. The lowest BCUT2D eigenvalue weighted by atomic mass is 10.0. The van der Waals surface area contributed by atoms with E-state index < -0.39 is 0 Å². The fourth-order valence-corrected chi connectivity index (χ4v) is 3.41. The molecule has 0 spiro atoms. The van der Waals surface area contributed by atoms with Gasteiger partial charge in [0.15, 0.2) is 0 Å². The highest BCUT2D eigenvalue weighted by atomic mass is 16.2. The van der Waals surface area contributed by atoms with E-state index in [0.717, 1.165) is 17.7 Å². The Kier molecular flexibility index (Phi) is 4.66. The number of anilines is 2. The Balaban J connectivity index is 1.59. The minimum atomic E-state index is -0.229. The maximum absolute atomic E-state index is 12.5. The molecule has 4 rings (SSSR count). The van der Waals surface area contributed by atoms with Gasteiger partial charge in [-0.15, -0.1) is 0 Å². The summed E-state index contributed by atoms with van der Waals surface area (Å²) in [4.78, 5) is 30.9. The number of pyridine rings is 1. The molecule has 1 atom stereocenters. The Hall–Kier alpha value is -3.47. The quantitative estimate of drug-likeness (QED) is 0.761. The molecule has 0 saturated carbocycles. The maximum Gasteiger partial charge on any atom is 0.256 e. The van der Waals surface area contributed by atoms with Gasteiger partial charge in [0.1, 0.15) is 5.82 Å². The molecule has 3 aromatic rings. The largest absolute Gasteiger partial charge is 0.307 e. The van der Waals surface area contributed by atoms with E-state index in [9.17, 15) is 9.59 Å². The number of hydrogen-bond acceptors (Lipinski definition) is 3. The van der Waals surface area contributed by atoms with Gasteiger partial charge in [-0.2, -0.15) is 0 Å². The lowest BCUT2D eigenvalue weighted by Gasteiger charge is -2.25. The van der Waals surface area contributed by atoms with Gasteiger partial charge in [-0.3, -0.25) is 9.59 Å². The van der Waals surface area contributed by atoms with Crippen LogP contribution in [0.15, 0.2) is 79.0 Å². The molecule has 2 amide bonds. The van der Waals surface area contributed by atoms with Crippen LogP contribution < -0.4 is 10.2 Å². The molecule has 1 aromatic heterocycles. The fraction of sp³-hybridized carbons (Fsp3) is 0.136. The minimum Gasteiger partial charge on any atom is -0.307 e. The number of nitrogens with zero attached hydrogens (tertiary/aromatic N) is 2. The zero-order valence-electron chi connectivity index (χ0n) is 14.7. The molecular weight excluding hydrogens is 338 g/mol. The first-order valence-corrected chi connectivity index (χ1v) is 8.92. The molecule has 1 N–H and O–H groups in total. The molecule has 134 valence electrons. The van der Waals surface area contributed by atoms with Crippen LogP contribution in [-0.4, -0.2) is 16.8 Å². The first kappa shape index (κ1) is 17.0. The van der Waals surface area contributed by atoms with E-state index in [1.54, 1.807) is 35.4 Å². The third-order valence-corrected chi connectivity index (χ3v) is 4.70. The van der Waals surface area contributed by atoms with Crippen LogP contribution in [0.1, 0.15) is 34.8 Å². The number of amides is 2. The summed E-state index contributed by atoms with van der Waals surface area (Å²) in [5.41, 5.74) is 2.41. The molecule has 1 aliphatic heterocycles. The van der Waals surface area contributed by atoms with Crippen molar-refractivity contribution in [1.29, 1.82) is 0 Å². The van der Waals surface area contributed by atoms with Crippen molar-refractivity contribution in [1.82, 2.24) is 4.98 Å². The van der Waals surface area contributed by atoms with Gasteiger partial charge in [0, 0.05) is 29.9 Å². The van der Waals surface area contributed by atoms with Crippen molar-refractivity contribution >= 4 is 23.3 Å². The van der Waals surface area contributed by atoms with E-state index >= 15 is 0 Å². The smallest absolute Gasteiger partial charge is 0.256 e. The van der Waals surface area contributed by atoms with Crippen molar-refractivity contribution < 1.29 is 9.59 Å². The van der Waals surface area contributed by atoms with Crippen LogP contribution in [0.2, 0.25) is 0 Å². The molecule has 1 fully saturated rings. The first-order valence-electron chi connectivity index (χ1n) is 8.92. The van der Waals surface area contributed by atoms with E-state index in [-0.39, 0.29) is 17.9 Å².